The van der Waals surface area contributed by atoms with Gasteiger partial charge in [-0.25, -0.2) is 5.43 Å². The van der Waals surface area contributed by atoms with Gasteiger partial charge in [-0.1, -0.05) is 33.8 Å². The van der Waals surface area contributed by atoms with Gasteiger partial charge in [0.25, 0.3) is 5.91 Å². The lowest BCUT2D eigenvalue weighted by Crippen LogP contribution is -2.60. The maximum absolute atomic E-state index is 14.2. The zero-order valence-electron chi connectivity index (χ0n) is 34.3. The van der Waals surface area contributed by atoms with Gasteiger partial charge in [0.15, 0.2) is 0 Å². The second-order valence-corrected chi connectivity index (χ2v) is 18.4. The summed E-state index contributed by atoms with van der Waals surface area (Å²) in [5.41, 5.74) is 9.18. The number of fused-ring (bicyclic) bond motifs is 5. The number of carbonyl (C=O) groups excluding carboxylic acids is 3. The molecule has 3 aromatic rings. The minimum Gasteiger partial charge on any atom is -0.464 e. The molecule has 13 heteroatoms. The third-order valence-electron chi connectivity index (χ3n) is 12.2. The van der Waals surface area contributed by atoms with Crippen LogP contribution in [0.25, 0.3) is 22.2 Å². The molecule has 7 atom stereocenters. The maximum atomic E-state index is 14.2. The van der Waals surface area contributed by atoms with Gasteiger partial charge in [0.05, 0.1) is 35.2 Å². The van der Waals surface area contributed by atoms with E-state index in [1.54, 1.807) is 18.9 Å². The molecule has 12 nitrogen and oxygen atoms in total. The highest BCUT2D eigenvalue weighted by Gasteiger charge is 2.49. The smallest absolute Gasteiger partial charge is 0.324 e. The van der Waals surface area contributed by atoms with Gasteiger partial charge in [0.1, 0.15) is 12.1 Å². The van der Waals surface area contributed by atoms with Crippen molar-refractivity contribution in [1.29, 1.82) is 0 Å². The SMILES string of the molecule is CO[C@@H](C)c1ncccc1-c1c2c3cc(ccc3n1CCCN(C)C)C1CSC(=N1)C[C@H](NC(=O)C1[C@@H](C)[C@H]1C)C(=O)N1CCC[C@H](N1)C(=O)OCC(C)(C)C2. The van der Waals surface area contributed by atoms with Crippen molar-refractivity contribution in [3.05, 3.63) is 53.3 Å². The number of hydrogen-bond donors (Lipinski definition) is 2. The molecule has 6 bridgehead atoms. The van der Waals surface area contributed by atoms with Crippen molar-refractivity contribution >= 4 is 45.5 Å². The van der Waals surface area contributed by atoms with Gasteiger partial charge < -0.3 is 24.3 Å². The lowest BCUT2D eigenvalue weighted by molar-refractivity contribution is -0.155. The van der Waals surface area contributed by atoms with Crippen LogP contribution in [0.2, 0.25) is 0 Å². The number of esters is 1. The predicted molar refractivity (Wildman–Crippen MR) is 221 cm³/mol. The summed E-state index contributed by atoms with van der Waals surface area (Å²) in [6.07, 6.45) is 4.69. The summed E-state index contributed by atoms with van der Waals surface area (Å²) >= 11 is 1.65. The van der Waals surface area contributed by atoms with Crippen LogP contribution in [0, 0.1) is 23.2 Å². The van der Waals surface area contributed by atoms with Crippen LogP contribution in [0.3, 0.4) is 0 Å². The van der Waals surface area contributed by atoms with Crippen LogP contribution in [0.5, 0.6) is 0 Å². The summed E-state index contributed by atoms with van der Waals surface area (Å²) in [6, 6.07) is 9.30. The summed E-state index contributed by atoms with van der Waals surface area (Å²) in [6.45, 7) is 12.9. The van der Waals surface area contributed by atoms with Crippen molar-refractivity contribution in [2.75, 3.05) is 46.7 Å². The molecule has 1 aromatic carbocycles. The van der Waals surface area contributed by atoms with Gasteiger partial charge in [-0.3, -0.25) is 29.4 Å². The van der Waals surface area contributed by atoms with Crippen molar-refractivity contribution < 1.29 is 23.9 Å². The van der Waals surface area contributed by atoms with Crippen molar-refractivity contribution in [1.82, 2.24) is 30.2 Å². The Morgan fingerprint density at radius 1 is 1.20 bits per heavy atom. The van der Waals surface area contributed by atoms with E-state index in [2.05, 4.69) is 86.3 Å². The van der Waals surface area contributed by atoms with Crippen LogP contribution in [-0.2, 0) is 36.8 Å². The highest BCUT2D eigenvalue weighted by molar-refractivity contribution is 8.14. The summed E-state index contributed by atoms with van der Waals surface area (Å²) in [4.78, 5) is 53.7. The van der Waals surface area contributed by atoms with E-state index in [0.29, 0.717) is 32.2 Å². The van der Waals surface area contributed by atoms with Crippen LogP contribution >= 0.6 is 11.8 Å². The van der Waals surface area contributed by atoms with E-state index < -0.39 is 17.5 Å². The molecule has 2 fully saturated rings. The van der Waals surface area contributed by atoms with E-state index in [4.69, 9.17) is 19.5 Å². The molecular formula is C43H59N7O5S. The number of cyclic esters (lactones) is 1. The Morgan fingerprint density at radius 3 is 2.71 bits per heavy atom. The molecule has 1 aliphatic carbocycles. The first-order valence-corrected chi connectivity index (χ1v) is 21.3. The van der Waals surface area contributed by atoms with Gasteiger partial charge in [-0.15, -0.1) is 11.8 Å². The average Bonchev–Trinajstić information content (AvgIpc) is 3.45. The van der Waals surface area contributed by atoms with E-state index >= 15 is 0 Å². The second-order valence-electron chi connectivity index (χ2n) is 17.3. The first-order chi connectivity index (χ1) is 26.8. The molecule has 3 aliphatic heterocycles. The number of ether oxygens (including phenoxy) is 2. The Hall–Kier alpha value is -3.78. The van der Waals surface area contributed by atoms with Gasteiger partial charge in [0.2, 0.25) is 5.91 Å². The maximum Gasteiger partial charge on any atom is 0.324 e. The van der Waals surface area contributed by atoms with Gasteiger partial charge in [-0.05, 0) is 100 Å². The molecule has 2 unspecified atom stereocenters. The largest absolute Gasteiger partial charge is 0.464 e. The average molecular weight is 786 g/mol. The predicted octanol–water partition coefficient (Wildman–Crippen LogP) is 5.95. The highest BCUT2D eigenvalue weighted by Crippen LogP contribution is 2.46. The Bertz CT molecular complexity index is 1990. The minimum atomic E-state index is -0.802. The molecule has 5 heterocycles. The number of carbonyl (C=O) groups is 3. The molecular weight excluding hydrogens is 727 g/mol. The first-order valence-electron chi connectivity index (χ1n) is 20.3. The number of hydrazine groups is 1. The molecule has 0 radical (unpaired) electrons. The van der Waals surface area contributed by atoms with E-state index in [-0.39, 0.29) is 54.3 Å². The molecule has 2 amide bonds. The molecule has 56 heavy (non-hydrogen) atoms. The Balaban J connectivity index is 1.35. The molecule has 2 aromatic heterocycles. The number of nitrogens with zero attached hydrogens (tertiary/aromatic N) is 5. The molecule has 4 aliphatic rings. The number of rotatable bonds is 9. The third kappa shape index (κ3) is 8.42. The number of pyridine rings is 1. The normalized spacial score (nSPS) is 27.2. The van der Waals surface area contributed by atoms with Crippen LogP contribution in [-0.4, -0.2) is 101 Å². The van der Waals surface area contributed by atoms with Gasteiger partial charge in [0, 0.05) is 66.4 Å². The van der Waals surface area contributed by atoms with Crippen LogP contribution < -0.4 is 10.7 Å². The van der Waals surface area contributed by atoms with Gasteiger partial charge in [-0.2, -0.15) is 0 Å². The van der Waals surface area contributed by atoms with Crippen molar-refractivity contribution in [3.8, 4) is 11.3 Å². The second kappa shape index (κ2) is 16.6. The molecule has 1 saturated carbocycles. The Labute approximate surface area is 335 Å². The monoisotopic (exact) mass is 785 g/mol. The Morgan fingerprint density at radius 2 is 1.98 bits per heavy atom. The van der Waals surface area contributed by atoms with E-state index in [0.717, 1.165) is 63.7 Å². The van der Waals surface area contributed by atoms with Gasteiger partial charge >= 0.3 is 5.97 Å². The van der Waals surface area contributed by atoms with Crippen LogP contribution in [0.1, 0.15) is 89.3 Å². The number of hydrogen-bond acceptors (Lipinski definition) is 10. The summed E-state index contributed by atoms with van der Waals surface area (Å²) in [5, 5.41) is 6.61. The fraction of sp³-hybridized carbons (Fsp3) is 0.605. The number of aliphatic imine (C=N–C) groups is 1. The van der Waals surface area contributed by atoms with Crippen molar-refractivity contribution in [2.24, 2.45) is 28.2 Å². The topological polar surface area (TPSA) is 130 Å². The minimum absolute atomic E-state index is 0.0959. The first kappa shape index (κ1) is 40.4. The van der Waals surface area contributed by atoms with E-state index in [1.807, 2.05) is 19.2 Å². The highest BCUT2D eigenvalue weighted by atomic mass is 32.2. The van der Waals surface area contributed by atoms with E-state index in [9.17, 15) is 14.4 Å². The molecule has 7 rings (SSSR count). The number of methoxy groups -OCH3 is 1. The zero-order chi connectivity index (χ0) is 39.9. The number of aromatic nitrogens is 2. The third-order valence-corrected chi connectivity index (χ3v) is 13.3. The number of thioether (sulfide) groups is 1. The molecule has 302 valence electrons. The summed E-state index contributed by atoms with van der Waals surface area (Å²) in [5.74, 6) is 0.461. The summed E-state index contributed by atoms with van der Waals surface area (Å²) < 4.78 is 14.4. The summed E-state index contributed by atoms with van der Waals surface area (Å²) in [7, 11) is 5.92. The van der Waals surface area contributed by atoms with Crippen LogP contribution in [0.4, 0.5) is 0 Å². The quantitative estimate of drug-likeness (QED) is 0.253. The molecule has 0 spiro atoms. The number of benzene rings is 1. The Kier molecular flexibility index (Phi) is 12.0. The molecule has 2 N–H and O–H groups in total. The number of nitrogens with one attached hydrogen (secondary N) is 2. The standard InChI is InChI=1S/C43H59N7O5S/c1-25-26(2)37(25)40(51)46-33-21-36-45-34(23-56-36)28-14-15-35-30(20-28)31(22-43(4,5)24-55-42(53)32-13-10-19-50(47-32)41(33)52)39(49(35)18-11-17-48(6)7)29-12-9-16-44-38(29)27(3)54-8/h9,12,14-16,20,25-27,32-34,37,47H,10-11,13,17-19,21-24H2,1-8H3,(H,46,51)/t25-,26+,27-,32-,33-,34?,37?/m0/s1. The van der Waals surface area contributed by atoms with Crippen LogP contribution in [0.15, 0.2) is 41.5 Å². The number of aryl methyl sites for hydroxylation is 1. The fourth-order valence-electron chi connectivity index (χ4n) is 8.66. The number of amides is 2. The lowest BCUT2D eigenvalue weighted by Gasteiger charge is -2.35. The lowest BCUT2D eigenvalue weighted by atomic mass is 9.84. The van der Waals surface area contributed by atoms with E-state index in [1.165, 1.54) is 10.6 Å². The molecule has 1 saturated heterocycles. The zero-order valence-corrected chi connectivity index (χ0v) is 35.1. The fourth-order valence-corrected chi connectivity index (χ4v) is 9.76. The van der Waals surface area contributed by atoms with Crippen molar-refractivity contribution in [3.63, 3.8) is 0 Å². The van der Waals surface area contributed by atoms with Crippen molar-refractivity contribution in [2.45, 2.75) is 97.5 Å².